The Morgan fingerprint density at radius 2 is 1.10 bits per heavy atom. The number of benzene rings is 1. The van der Waals surface area contributed by atoms with Crippen LogP contribution in [0.3, 0.4) is 0 Å². The molecule has 9 heteroatoms. The van der Waals surface area contributed by atoms with Crippen LogP contribution in [0.1, 0.15) is 129 Å². The van der Waals surface area contributed by atoms with E-state index < -0.39 is 20.1 Å². The van der Waals surface area contributed by atoms with E-state index in [2.05, 4.69) is 11.6 Å². The maximum atomic E-state index is 11.8. The van der Waals surface area contributed by atoms with Gasteiger partial charge in [-0.3, -0.25) is 4.18 Å². The molecular formula is C30H58N2O5S2. The van der Waals surface area contributed by atoms with Gasteiger partial charge in [-0.2, -0.15) is 8.42 Å². The van der Waals surface area contributed by atoms with Gasteiger partial charge in [-0.1, -0.05) is 128 Å². The molecule has 1 aromatic rings. The summed E-state index contributed by atoms with van der Waals surface area (Å²) in [6, 6.07) is 7.92. The molecule has 0 radical (unpaired) electrons. The molecule has 3 N–H and O–H groups in total. The number of hydrogen-bond donors (Lipinski definition) is 2. The van der Waals surface area contributed by atoms with E-state index >= 15 is 0 Å². The zero-order valence-electron chi connectivity index (χ0n) is 24.9. The lowest BCUT2D eigenvalue weighted by atomic mass is 10.0. The molecular weight excluding hydrogens is 532 g/mol. The average molecular weight is 591 g/mol. The van der Waals surface area contributed by atoms with Crippen molar-refractivity contribution >= 4 is 20.1 Å². The summed E-state index contributed by atoms with van der Waals surface area (Å²) in [6.07, 6.45) is 23.6. The van der Waals surface area contributed by atoms with Crippen molar-refractivity contribution in [3.05, 3.63) is 30.3 Å². The minimum Gasteiger partial charge on any atom is -0.330 e. The van der Waals surface area contributed by atoms with Crippen molar-refractivity contribution in [1.29, 1.82) is 0 Å². The Hall–Kier alpha value is -1.00. The van der Waals surface area contributed by atoms with E-state index in [1.54, 1.807) is 18.2 Å². The second-order valence-corrected chi connectivity index (χ2v) is 13.8. The molecule has 0 bridgehead atoms. The number of rotatable bonds is 25. The first-order chi connectivity index (χ1) is 18.8. The fourth-order valence-electron chi connectivity index (χ4n) is 4.10. The van der Waals surface area contributed by atoms with Crippen LogP contribution in [-0.2, 0) is 24.3 Å². The Labute approximate surface area is 241 Å². The molecule has 0 amide bonds. The van der Waals surface area contributed by atoms with Gasteiger partial charge in [0.1, 0.15) is 0 Å². The van der Waals surface area contributed by atoms with Crippen molar-refractivity contribution in [3.8, 4) is 0 Å². The summed E-state index contributed by atoms with van der Waals surface area (Å²) >= 11 is 0. The first-order valence-corrected chi connectivity index (χ1v) is 18.5. The fraction of sp³-hybridized carbons (Fsp3) is 0.800. The van der Waals surface area contributed by atoms with Gasteiger partial charge in [-0.15, -0.1) is 0 Å². The minimum absolute atomic E-state index is 0.0476. The van der Waals surface area contributed by atoms with Gasteiger partial charge in [0, 0.05) is 6.54 Å². The van der Waals surface area contributed by atoms with E-state index in [0.29, 0.717) is 6.42 Å². The monoisotopic (exact) mass is 590 g/mol. The Balaban J connectivity index is 0.000000742. The fourth-order valence-corrected chi connectivity index (χ4v) is 6.23. The lowest BCUT2D eigenvalue weighted by Gasteiger charge is -2.07. The Kier molecular flexibility index (Phi) is 25.3. The van der Waals surface area contributed by atoms with Crippen molar-refractivity contribution in [2.45, 2.75) is 134 Å². The highest BCUT2D eigenvalue weighted by Crippen LogP contribution is 2.13. The van der Waals surface area contributed by atoms with E-state index in [1.165, 1.54) is 115 Å². The third-order valence-corrected chi connectivity index (χ3v) is 9.23. The summed E-state index contributed by atoms with van der Waals surface area (Å²) in [4.78, 5) is 0.157. The molecule has 39 heavy (non-hydrogen) atoms. The van der Waals surface area contributed by atoms with Gasteiger partial charge in [-0.05, 0) is 37.9 Å². The predicted molar refractivity (Wildman–Crippen MR) is 165 cm³/mol. The summed E-state index contributed by atoms with van der Waals surface area (Å²) in [6.45, 7) is 5.17. The summed E-state index contributed by atoms with van der Waals surface area (Å²) in [5.74, 6) is -0.204. The van der Waals surface area contributed by atoms with Crippen molar-refractivity contribution < 1.29 is 21.0 Å². The molecule has 0 aliphatic carbocycles. The molecule has 7 nitrogen and oxygen atoms in total. The van der Waals surface area contributed by atoms with Crippen LogP contribution in [0, 0.1) is 0 Å². The molecule has 0 saturated heterocycles. The Bertz CT molecular complexity index is 847. The van der Waals surface area contributed by atoms with Crippen molar-refractivity contribution in [2.75, 3.05) is 25.4 Å². The van der Waals surface area contributed by atoms with Gasteiger partial charge in [-0.25, -0.2) is 13.1 Å². The standard InChI is InChI=1S/C18H39N.C12H19NO5S2/c1-2-3-4-5-6-7-8-9-10-11-12-13-14-15-16-17-18-19;1-2-10-18-19(14,15)11-6-9-13-20(16,17)12-7-4-3-5-8-12/h2-19H2,1H3;3-5,7-8,13H,2,6,9-11H2,1H3. The largest absolute Gasteiger partial charge is 0.330 e. The highest BCUT2D eigenvalue weighted by molar-refractivity contribution is 7.89. The number of unbranched alkanes of at least 4 members (excludes halogenated alkanes) is 15. The molecule has 0 fully saturated rings. The van der Waals surface area contributed by atoms with Crippen LogP contribution in [0.15, 0.2) is 35.2 Å². The Morgan fingerprint density at radius 3 is 1.54 bits per heavy atom. The summed E-state index contributed by atoms with van der Waals surface area (Å²) in [5.41, 5.74) is 5.48. The zero-order chi connectivity index (χ0) is 29.1. The van der Waals surface area contributed by atoms with Gasteiger partial charge >= 0.3 is 0 Å². The number of nitrogens with one attached hydrogen (secondary N) is 1. The van der Waals surface area contributed by atoms with E-state index in [-0.39, 0.29) is 30.2 Å². The van der Waals surface area contributed by atoms with Crippen LogP contribution in [0.5, 0.6) is 0 Å². The zero-order valence-corrected chi connectivity index (χ0v) is 26.5. The number of sulfonamides is 1. The second kappa shape index (κ2) is 25.9. The molecule has 1 aromatic carbocycles. The molecule has 230 valence electrons. The molecule has 0 unspecified atom stereocenters. The van der Waals surface area contributed by atoms with E-state index in [1.807, 2.05) is 6.92 Å². The van der Waals surface area contributed by atoms with E-state index in [9.17, 15) is 16.8 Å². The van der Waals surface area contributed by atoms with Crippen molar-refractivity contribution in [2.24, 2.45) is 5.73 Å². The van der Waals surface area contributed by atoms with Crippen LogP contribution in [0.4, 0.5) is 0 Å². The quantitative estimate of drug-likeness (QED) is 0.0911. The van der Waals surface area contributed by atoms with Crippen molar-refractivity contribution in [1.82, 2.24) is 4.72 Å². The molecule has 1 rings (SSSR count). The summed E-state index contributed by atoms with van der Waals surface area (Å²) in [5, 5.41) is 0. The van der Waals surface area contributed by atoms with Gasteiger partial charge in [0.15, 0.2) is 0 Å². The molecule has 0 aliphatic rings. The predicted octanol–water partition coefficient (Wildman–Crippen LogP) is 7.32. The second-order valence-electron chi connectivity index (χ2n) is 10.2. The molecule has 0 atom stereocenters. The lowest BCUT2D eigenvalue weighted by molar-refractivity contribution is 0.317. The highest BCUT2D eigenvalue weighted by atomic mass is 32.2. The maximum Gasteiger partial charge on any atom is 0.267 e. The third kappa shape index (κ3) is 24.5. The summed E-state index contributed by atoms with van der Waals surface area (Å²) < 4.78 is 53.5. The molecule has 0 spiro atoms. The van der Waals surface area contributed by atoms with Gasteiger partial charge in [0.2, 0.25) is 10.0 Å². The molecule has 0 aliphatic heterocycles. The van der Waals surface area contributed by atoms with Crippen LogP contribution in [0.25, 0.3) is 0 Å². The SMILES string of the molecule is CCCCCCCCCCCCCCCCCCN.CCCOS(=O)(=O)CCCNS(=O)(=O)c1ccccc1. The van der Waals surface area contributed by atoms with E-state index in [4.69, 9.17) is 9.92 Å². The highest BCUT2D eigenvalue weighted by Gasteiger charge is 2.14. The van der Waals surface area contributed by atoms with Crippen LogP contribution < -0.4 is 10.5 Å². The summed E-state index contributed by atoms with van der Waals surface area (Å²) in [7, 11) is -7.14. The van der Waals surface area contributed by atoms with E-state index in [0.717, 1.165) is 6.54 Å². The smallest absolute Gasteiger partial charge is 0.267 e. The van der Waals surface area contributed by atoms with Gasteiger partial charge in [0.25, 0.3) is 10.1 Å². The maximum absolute atomic E-state index is 11.8. The molecule has 0 saturated carbocycles. The van der Waals surface area contributed by atoms with Gasteiger partial charge in [0.05, 0.1) is 17.3 Å². The first-order valence-electron chi connectivity index (χ1n) is 15.4. The topological polar surface area (TPSA) is 116 Å². The Morgan fingerprint density at radius 1 is 0.641 bits per heavy atom. The molecule has 0 aromatic heterocycles. The van der Waals surface area contributed by atoms with Crippen molar-refractivity contribution in [3.63, 3.8) is 0 Å². The number of hydrogen-bond acceptors (Lipinski definition) is 6. The molecule has 0 heterocycles. The van der Waals surface area contributed by atoms with Crippen LogP contribution in [0.2, 0.25) is 0 Å². The lowest BCUT2D eigenvalue weighted by Crippen LogP contribution is -2.26. The number of nitrogens with two attached hydrogens (primary N) is 1. The van der Waals surface area contributed by atoms with Crippen LogP contribution in [-0.4, -0.2) is 42.3 Å². The first kappa shape index (κ1) is 38.0. The van der Waals surface area contributed by atoms with Crippen LogP contribution >= 0.6 is 0 Å². The normalized spacial score (nSPS) is 11.8. The minimum atomic E-state index is -3.58. The average Bonchev–Trinajstić information content (AvgIpc) is 2.93. The van der Waals surface area contributed by atoms with Gasteiger partial charge < -0.3 is 5.73 Å². The third-order valence-electron chi connectivity index (χ3n) is 6.44.